The topological polar surface area (TPSA) is 32.7 Å². The molecule has 3 nitrogen and oxygen atoms in total. The third kappa shape index (κ3) is 3.63. The molecule has 0 aromatic rings. The van der Waals surface area contributed by atoms with E-state index in [-0.39, 0.29) is 6.10 Å². The van der Waals surface area contributed by atoms with E-state index < -0.39 is 5.60 Å². The van der Waals surface area contributed by atoms with Crippen LogP contribution in [0.5, 0.6) is 0 Å². The van der Waals surface area contributed by atoms with Gasteiger partial charge in [0.2, 0.25) is 0 Å². The number of rotatable bonds is 3. The molecule has 1 saturated heterocycles. The monoisotopic (exact) mass is 187 g/mol. The van der Waals surface area contributed by atoms with Crippen molar-refractivity contribution < 1.29 is 9.84 Å². The third-order valence-electron chi connectivity index (χ3n) is 2.67. The van der Waals surface area contributed by atoms with Crippen LogP contribution in [0.25, 0.3) is 0 Å². The Morgan fingerprint density at radius 1 is 1.62 bits per heavy atom. The Hall–Kier alpha value is -0.120. The first-order valence-corrected chi connectivity index (χ1v) is 5.01. The molecule has 78 valence electrons. The first-order chi connectivity index (χ1) is 6.03. The highest BCUT2D eigenvalue weighted by Crippen LogP contribution is 2.20. The Balaban J connectivity index is 2.34. The predicted molar refractivity (Wildman–Crippen MR) is 52.8 cm³/mol. The first kappa shape index (κ1) is 11.0. The van der Waals surface area contributed by atoms with Crippen molar-refractivity contribution in [1.29, 1.82) is 0 Å². The molecule has 0 bridgehead atoms. The van der Waals surface area contributed by atoms with Crippen molar-refractivity contribution in [2.45, 2.75) is 38.4 Å². The molecule has 1 N–H and O–H groups in total. The molecule has 0 spiro atoms. The van der Waals surface area contributed by atoms with Crippen LogP contribution in [0.3, 0.4) is 0 Å². The summed E-state index contributed by atoms with van der Waals surface area (Å²) >= 11 is 0. The maximum Gasteiger partial charge on any atom is 0.0746 e. The van der Waals surface area contributed by atoms with Crippen molar-refractivity contribution in [3.05, 3.63) is 0 Å². The summed E-state index contributed by atoms with van der Waals surface area (Å²) in [6, 6.07) is 0. The number of hydrogen-bond acceptors (Lipinski definition) is 3. The van der Waals surface area contributed by atoms with Crippen LogP contribution in [0.1, 0.15) is 26.7 Å². The van der Waals surface area contributed by atoms with Gasteiger partial charge in [-0.25, -0.2) is 0 Å². The number of methoxy groups -OCH3 is 1. The lowest BCUT2D eigenvalue weighted by atomic mass is 9.95. The van der Waals surface area contributed by atoms with Crippen LogP contribution >= 0.6 is 0 Å². The Kier molecular flexibility index (Phi) is 3.71. The largest absolute Gasteiger partial charge is 0.389 e. The van der Waals surface area contributed by atoms with Gasteiger partial charge in [0, 0.05) is 20.2 Å². The lowest BCUT2D eigenvalue weighted by molar-refractivity contribution is -0.0307. The molecule has 1 fully saturated rings. The summed E-state index contributed by atoms with van der Waals surface area (Å²) in [6.45, 7) is 6.76. The molecule has 13 heavy (non-hydrogen) atoms. The predicted octanol–water partition coefficient (Wildman–Crippen LogP) is 0.868. The van der Waals surface area contributed by atoms with Gasteiger partial charge >= 0.3 is 0 Å². The summed E-state index contributed by atoms with van der Waals surface area (Å²) in [7, 11) is 1.73. The average molecular weight is 187 g/mol. The minimum Gasteiger partial charge on any atom is -0.389 e. The van der Waals surface area contributed by atoms with E-state index in [2.05, 4.69) is 11.8 Å². The summed E-state index contributed by atoms with van der Waals surface area (Å²) in [5.41, 5.74) is -0.494. The number of β-amino-alcohol motifs (C(OH)–C–C–N with tert-alkyl or cyclic N) is 1. The summed E-state index contributed by atoms with van der Waals surface area (Å²) in [4.78, 5) is 2.28. The lowest BCUT2D eigenvalue weighted by Crippen LogP contribution is -2.48. The molecule has 2 atom stereocenters. The van der Waals surface area contributed by atoms with E-state index in [9.17, 15) is 5.11 Å². The van der Waals surface area contributed by atoms with Gasteiger partial charge in [-0.2, -0.15) is 0 Å². The quantitative estimate of drug-likeness (QED) is 0.711. The van der Waals surface area contributed by atoms with Crippen molar-refractivity contribution >= 4 is 0 Å². The fourth-order valence-corrected chi connectivity index (χ4v) is 1.92. The van der Waals surface area contributed by atoms with E-state index in [1.807, 2.05) is 6.92 Å². The van der Waals surface area contributed by atoms with Crippen molar-refractivity contribution in [3.8, 4) is 0 Å². The average Bonchev–Trinajstić information content (AvgIpc) is 2.02. The van der Waals surface area contributed by atoms with Crippen LogP contribution in [-0.4, -0.2) is 48.5 Å². The van der Waals surface area contributed by atoms with E-state index in [0.717, 1.165) is 32.5 Å². The number of hydrogen-bond donors (Lipinski definition) is 1. The highest BCUT2D eigenvalue weighted by atomic mass is 16.5. The molecule has 1 aliphatic heterocycles. The number of aliphatic hydroxyl groups is 1. The van der Waals surface area contributed by atoms with Gasteiger partial charge in [0.05, 0.1) is 11.7 Å². The SMILES string of the molecule is COC(C)CN1CCCC(C)(O)C1. The van der Waals surface area contributed by atoms with Gasteiger partial charge in [0.1, 0.15) is 0 Å². The van der Waals surface area contributed by atoms with Crippen LogP contribution in [-0.2, 0) is 4.74 Å². The van der Waals surface area contributed by atoms with Gasteiger partial charge in [-0.15, -0.1) is 0 Å². The minimum absolute atomic E-state index is 0.258. The van der Waals surface area contributed by atoms with Gasteiger partial charge in [0.15, 0.2) is 0 Å². The standard InChI is InChI=1S/C10H21NO2/c1-9(13-3)7-11-6-4-5-10(2,12)8-11/h9,12H,4-8H2,1-3H3. The van der Waals surface area contributed by atoms with E-state index >= 15 is 0 Å². The summed E-state index contributed by atoms with van der Waals surface area (Å²) in [6.07, 6.45) is 2.27. The molecule has 0 aromatic heterocycles. The fraction of sp³-hybridized carbons (Fsp3) is 1.00. The Morgan fingerprint density at radius 3 is 2.85 bits per heavy atom. The van der Waals surface area contributed by atoms with Crippen LogP contribution < -0.4 is 0 Å². The molecular formula is C10H21NO2. The highest BCUT2D eigenvalue weighted by Gasteiger charge is 2.28. The fourth-order valence-electron chi connectivity index (χ4n) is 1.92. The smallest absolute Gasteiger partial charge is 0.0746 e. The molecular weight excluding hydrogens is 166 g/mol. The third-order valence-corrected chi connectivity index (χ3v) is 2.67. The second-order valence-corrected chi connectivity index (χ2v) is 4.38. The number of nitrogens with zero attached hydrogens (tertiary/aromatic N) is 1. The first-order valence-electron chi connectivity index (χ1n) is 5.01. The van der Waals surface area contributed by atoms with Gasteiger partial charge < -0.3 is 9.84 Å². The number of piperidine rings is 1. The van der Waals surface area contributed by atoms with Gasteiger partial charge in [-0.3, -0.25) is 4.90 Å². The van der Waals surface area contributed by atoms with Crippen molar-refractivity contribution in [3.63, 3.8) is 0 Å². The minimum atomic E-state index is -0.494. The van der Waals surface area contributed by atoms with Crippen LogP contribution in [0.4, 0.5) is 0 Å². The zero-order chi connectivity index (χ0) is 9.90. The molecule has 1 heterocycles. The van der Waals surface area contributed by atoms with E-state index in [1.165, 1.54) is 0 Å². The molecule has 0 aromatic carbocycles. The zero-order valence-corrected chi connectivity index (χ0v) is 8.92. The second kappa shape index (κ2) is 4.40. The molecule has 3 heteroatoms. The second-order valence-electron chi connectivity index (χ2n) is 4.38. The maximum absolute atomic E-state index is 9.85. The van der Waals surface area contributed by atoms with Gasteiger partial charge in [-0.05, 0) is 33.2 Å². The van der Waals surface area contributed by atoms with Gasteiger partial charge in [-0.1, -0.05) is 0 Å². The summed E-state index contributed by atoms with van der Waals surface area (Å²) in [5, 5.41) is 9.85. The Labute approximate surface area is 80.7 Å². The summed E-state index contributed by atoms with van der Waals surface area (Å²) < 4.78 is 5.20. The molecule has 0 radical (unpaired) electrons. The zero-order valence-electron chi connectivity index (χ0n) is 8.92. The number of likely N-dealkylation sites (tertiary alicyclic amines) is 1. The van der Waals surface area contributed by atoms with Crippen molar-refractivity contribution in [2.24, 2.45) is 0 Å². The summed E-state index contributed by atoms with van der Waals surface area (Å²) in [5.74, 6) is 0. The van der Waals surface area contributed by atoms with Gasteiger partial charge in [0.25, 0.3) is 0 Å². The molecule has 1 rings (SSSR count). The molecule has 0 aliphatic carbocycles. The highest BCUT2D eigenvalue weighted by molar-refractivity contribution is 4.83. The van der Waals surface area contributed by atoms with E-state index in [4.69, 9.17) is 4.74 Å². The Bertz CT molecular complexity index is 159. The van der Waals surface area contributed by atoms with Crippen LogP contribution in [0.2, 0.25) is 0 Å². The van der Waals surface area contributed by atoms with Crippen molar-refractivity contribution in [2.75, 3.05) is 26.7 Å². The van der Waals surface area contributed by atoms with Crippen LogP contribution in [0.15, 0.2) is 0 Å². The molecule has 0 amide bonds. The van der Waals surface area contributed by atoms with Crippen molar-refractivity contribution in [1.82, 2.24) is 4.90 Å². The molecule has 0 saturated carbocycles. The number of ether oxygens (including phenoxy) is 1. The molecule has 2 unspecified atom stereocenters. The van der Waals surface area contributed by atoms with Crippen LogP contribution in [0, 0.1) is 0 Å². The molecule has 1 aliphatic rings. The Morgan fingerprint density at radius 2 is 2.31 bits per heavy atom. The lowest BCUT2D eigenvalue weighted by Gasteiger charge is -2.37. The normalized spacial score (nSPS) is 33.2. The van der Waals surface area contributed by atoms with E-state index in [1.54, 1.807) is 7.11 Å². The van der Waals surface area contributed by atoms with E-state index in [0.29, 0.717) is 0 Å². The maximum atomic E-state index is 9.85.